The predicted octanol–water partition coefficient (Wildman–Crippen LogP) is 4.17. The molecule has 2 aliphatic rings. The van der Waals surface area contributed by atoms with Crippen molar-refractivity contribution in [2.45, 2.75) is 18.8 Å². The highest BCUT2D eigenvalue weighted by Gasteiger charge is 2.47. The zero-order chi connectivity index (χ0) is 24.7. The quantitative estimate of drug-likeness (QED) is 0.523. The molecule has 180 valence electrons. The summed E-state index contributed by atoms with van der Waals surface area (Å²) in [5, 5.41) is 19.7. The van der Waals surface area contributed by atoms with E-state index >= 15 is 0 Å². The van der Waals surface area contributed by atoms with E-state index in [1.54, 1.807) is 24.3 Å². The predicted molar refractivity (Wildman–Crippen MR) is 125 cm³/mol. The summed E-state index contributed by atoms with van der Waals surface area (Å²) in [7, 11) is 1.50. The summed E-state index contributed by atoms with van der Waals surface area (Å²) >= 11 is 0. The monoisotopic (exact) mass is 476 g/mol. The van der Waals surface area contributed by atoms with Crippen molar-refractivity contribution in [2.75, 3.05) is 20.5 Å². The average molecular weight is 476 g/mol. The van der Waals surface area contributed by atoms with E-state index in [-0.39, 0.29) is 12.5 Å². The highest BCUT2D eigenvalue weighted by atomic mass is 16.7. The Morgan fingerprint density at radius 3 is 2.43 bits per heavy atom. The number of rotatable bonds is 7. The molecule has 8 nitrogen and oxygen atoms in total. The van der Waals surface area contributed by atoms with E-state index in [0.717, 1.165) is 22.3 Å². The normalized spacial score (nSPS) is 19.8. The summed E-state index contributed by atoms with van der Waals surface area (Å²) in [5.41, 5.74) is 4.15. The molecular weight excluding hydrogens is 452 g/mol. The first-order valence-electron chi connectivity index (χ1n) is 11.1. The van der Waals surface area contributed by atoms with E-state index in [1.807, 2.05) is 37.3 Å². The third kappa shape index (κ3) is 4.01. The SMILES string of the molecule is COc1ccc([C@@H]2c3cc(C)ccc3[C@H](c3ccc4c(c3)OCO4)C2C(=O)O)c(OCC(=O)O)c1. The van der Waals surface area contributed by atoms with Gasteiger partial charge < -0.3 is 29.2 Å². The van der Waals surface area contributed by atoms with E-state index in [0.29, 0.717) is 22.8 Å². The number of carboxylic acid groups (broad SMARTS) is 2. The van der Waals surface area contributed by atoms with Crippen molar-refractivity contribution in [2.24, 2.45) is 5.92 Å². The van der Waals surface area contributed by atoms with Crippen LogP contribution in [0.4, 0.5) is 0 Å². The van der Waals surface area contributed by atoms with Gasteiger partial charge in [-0.3, -0.25) is 4.79 Å². The molecule has 0 aromatic heterocycles. The maximum atomic E-state index is 12.8. The molecule has 0 spiro atoms. The topological polar surface area (TPSA) is 112 Å². The van der Waals surface area contributed by atoms with Crippen molar-refractivity contribution in [3.8, 4) is 23.0 Å². The van der Waals surface area contributed by atoms with E-state index < -0.39 is 36.3 Å². The first-order valence-corrected chi connectivity index (χ1v) is 11.1. The van der Waals surface area contributed by atoms with Crippen molar-refractivity contribution in [3.63, 3.8) is 0 Å². The Balaban J connectivity index is 1.69. The summed E-state index contributed by atoms with van der Waals surface area (Å²) in [5.74, 6) is -2.03. The van der Waals surface area contributed by atoms with Crippen LogP contribution in [0.1, 0.15) is 39.7 Å². The number of ether oxygens (including phenoxy) is 4. The number of hydrogen-bond donors (Lipinski definition) is 2. The maximum Gasteiger partial charge on any atom is 0.341 e. The van der Waals surface area contributed by atoms with Crippen LogP contribution in [0.5, 0.6) is 23.0 Å². The molecule has 0 amide bonds. The van der Waals surface area contributed by atoms with Gasteiger partial charge in [0.1, 0.15) is 11.5 Å². The second-order valence-electron chi connectivity index (χ2n) is 8.65. The van der Waals surface area contributed by atoms with Crippen LogP contribution in [0.2, 0.25) is 0 Å². The van der Waals surface area contributed by atoms with Gasteiger partial charge in [0.25, 0.3) is 0 Å². The van der Waals surface area contributed by atoms with Gasteiger partial charge in [-0.15, -0.1) is 0 Å². The van der Waals surface area contributed by atoms with Gasteiger partial charge in [0.05, 0.1) is 13.0 Å². The molecule has 3 aromatic carbocycles. The van der Waals surface area contributed by atoms with E-state index in [2.05, 4.69) is 0 Å². The second kappa shape index (κ2) is 8.87. The standard InChI is InChI=1S/C27H24O8/c1-14-3-6-17-19(9-14)25(18-7-5-16(32-2)11-21(18)33-12-23(28)29)26(27(30)31)24(17)15-4-8-20-22(10-15)35-13-34-20/h3-11,24-26H,12-13H2,1-2H3,(H,28,29)(H,30,31)/t24-,25+,26?/m0/s1. The van der Waals surface area contributed by atoms with Gasteiger partial charge in [-0.1, -0.05) is 35.9 Å². The fourth-order valence-electron chi connectivity index (χ4n) is 5.13. The zero-order valence-corrected chi connectivity index (χ0v) is 19.2. The Bertz CT molecular complexity index is 1310. The molecule has 3 aromatic rings. The number of carbonyl (C=O) groups is 2. The Labute approximate surface area is 201 Å². The fraction of sp³-hybridized carbons (Fsp3) is 0.259. The number of methoxy groups -OCH3 is 1. The molecule has 0 bridgehead atoms. The molecule has 3 atom stereocenters. The van der Waals surface area contributed by atoms with Crippen LogP contribution >= 0.6 is 0 Å². The molecular formula is C27H24O8. The maximum absolute atomic E-state index is 12.8. The zero-order valence-electron chi connectivity index (χ0n) is 19.2. The summed E-state index contributed by atoms with van der Waals surface area (Å²) in [4.78, 5) is 24.1. The summed E-state index contributed by atoms with van der Waals surface area (Å²) < 4.78 is 21.9. The lowest BCUT2D eigenvalue weighted by atomic mass is 9.79. The van der Waals surface area contributed by atoms with E-state index in [4.69, 9.17) is 18.9 Å². The Kier molecular flexibility index (Phi) is 5.72. The van der Waals surface area contributed by atoms with Gasteiger partial charge in [-0.2, -0.15) is 0 Å². The van der Waals surface area contributed by atoms with Crippen LogP contribution in [-0.4, -0.2) is 42.7 Å². The van der Waals surface area contributed by atoms with Gasteiger partial charge in [0.15, 0.2) is 18.1 Å². The van der Waals surface area contributed by atoms with Gasteiger partial charge in [-0.25, -0.2) is 4.79 Å². The molecule has 8 heteroatoms. The first-order chi connectivity index (χ1) is 16.9. The molecule has 2 N–H and O–H groups in total. The summed E-state index contributed by atoms with van der Waals surface area (Å²) in [6.45, 7) is 1.52. The molecule has 0 saturated heterocycles. The molecule has 1 aliphatic carbocycles. The van der Waals surface area contributed by atoms with Crippen LogP contribution in [0.15, 0.2) is 54.6 Å². The van der Waals surface area contributed by atoms with Gasteiger partial charge in [0, 0.05) is 23.5 Å². The summed E-state index contributed by atoms with van der Waals surface area (Å²) in [6, 6.07) is 16.5. The first kappa shape index (κ1) is 22.6. The van der Waals surface area contributed by atoms with Crippen molar-refractivity contribution < 1.29 is 38.7 Å². The van der Waals surface area contributed by atoms with Crippen LogP contribution in [0, 0.1) is 12.8 Å². The van der Waals surface area contributed by atoms with Gasteiger partial charge >= 0.3 is 11.9 Å². The highest BCUT2D eigenvalue weighted by Crippen LogP contribution is 2.55. The van der Waals surface area contributed by atoms with Crippen molar-refractivity contribution in [1.29, 1.82) is 0 Å². The minimum absolute atomic E-state index is 0.125. The number of aliphatic carboxylic acids is 2. The lowest BCUT2D eigenvalue weighted by molar-refractivity contribution is -0.142. The lowest BCUT2D eigenvalue weighted by Gasteiger charge is -2.24. The fourth-order valence-corrected chi connectivity index (χ4v) is 5.13. The number of carboxylic acids is 2. The van der Waals surface area contributed by atoms with Crippen LogP contribution in [-0.2, 0) is 9.59 Å². The molecule has 0 saturated carbocycles. The smallest absolute Gasteiger partial charge is 0.341 e. The Morgan fingerprint density at radius 2 is 1.69 bits per heavy atom. The van der Waals surface area contributed by atoms with E-state index in [1.165, 1.54) is 7.11 Å². The third-order valence-corrected chi connectivity index (χ3v) is 6.58. The average Bonchev–Trinajstić information content (AvgIpc) is 3.44. The second-order valence-corrected chi connectivity index (χ2v) is 8.65. The number of fused-ring (bicyclic) bond motifs is 2. The number of benzene rings is 3. The largest absolute Gasteiger partial charge is 0.497 e. The van der Waals surface area contributed by atoms with Crippen molar-refractivity contribution in [1.82, 2.24) is 0 Å². The van der Waals surface area contributed by atoms with Crippen molar-refractivity contribution in [3.05, 3.63) is 82.4 Å². The van der Waals surface area contributed by atoms with Gasteiger partial charge in [0.2, 0.25) is 6.79 Å². The third-order valence-electron chi connectivity index (χ3n) is 6.58. The molecule has 5 rings (SSSR count). The van der Waals surface area contributed by atoms with Crippen LogP contribution in [0.25, 0.3) is 0 Å². The van der Waals surface area contributed by atoms with E-state index in [9.17, 15) is 19.8 Å². The molecule has 1 unspecified atom stereocenters. The number of aryl methyl sites for hydroxylation is 1. The van der Waals surface area contributed by atoms with Crippen LogP contribution in [0.3, 0.4) is 0 Å². The van der Waals surface area contributed by atoms with Gasteiger partial charge in [-0.05, 0) is 41.8 Å². The Hall–Kier alpha value is -4.20. The Morgan fingerprint density at radius 1 is 0.914 bits per heavy atom. The number of hydrogen-bond acceptors (Lipinski definition) is 6. The molecule has 1 heterocycles. The highest BCUT2D eigenvalue weighted by molar-refractivity contribution is 5.78. The lowest BCUT2D eigenvalue weighted by Crippen LogP contribution is -2.24. The molecule has 0 fully saturated rings. The van der Waals surface area contributed by atoms with Crippen molar-refractivity contribution >= 4 is 11.9 Å². The minimum Gasteiger partial charge on any atom is -0.497 e. The molecule has 0 radical (unpaired) electrons. The summed E-state index contributed by atoms with van der Waals surface area (Å²) in [6.07, 6.45) is 0. The molecule has 35 heavy (non-hydrogen) atoms. The minimum atomic E-state index is -1.13. The molecule has 1 aliphatic heterocycles. The van der Waals surface area contributed by atoms with Crippen LogP contribution < -0.4 is 18.9 Å².